The van der Waals surface area contributed by atoms with Crippen LogP contribution in [0.2, 0.25) is 5.02 Å². The average molecular weight is 443 g/mol. The maximum absolute atomic E-state index is 13.6. The zero-order valence-electron chi connectivity index (χ0n) is 17.0. The fourth-order valence-electron chi connectivity index (χ4n) is 6.59. The Balaban J connectivity index is 1.26. The Kier molecular flexibility index (Phi) is 3.69. The highest BCUT2D eigenvalue weighted by atomic mass is 35.5. The quantitative estimate of drug-likeness (QED) is 0.542. The molecule has 32 heavy (non-hydrogen) atoms. The van der Waals surface area contributed by atoms with Crippen LogP contribution in [0, 0.1) is 29.6 Å². The number of oxime groups is 1. The second-order valence-corrected chi connectivity index (χ2v) is 9.62. The minimum Gasteiger partial charge on any atom is -0.391 e. The second kappa shape index (κ2) is 6.42. The van der Waals surface area contributed by atoms with E-state index in [1.165, 1.54) is 4.90 Å². The summed E-state index contributed by atoms with van der Waals surface area (Å²) in [6.07, 6.45) is 0.651. The van der Waals surface area contributed by atoms with Crippen LogP contribution in [0.1, 0.15) is 12.0 Å². The van der Waals surface area contributed by atoms with Crippen molar-refractivity contribution in [2.45, 2.75) is 12.5 Å². The summed E-state index contributed by atoms with van der Waals surface area (Å²) in [6, 6.07) is 21.3. The first-order valence-corrected chi connectivity index (χ1v) is 11.4. The largest absolute Gasteiger partial charge is 0.391 e. The molecule has 5 nitrogen and oxygen atoms in total. The first kappa shape index (κ1) is 18.4. The SMILES string of the molecule is O=C1[C@H]2[C@@H]3C[C@H]([C@H]4C(c5ccccc5Cl)=NO[C@H]34)[C@@H]2C(=O)N1c1ccc2ccccc2c1. The summed E-state index contributed by atoms with van der Waals surface area (Å²) < 4.78 is 0. The van der Waals surface area contributed by atoms with E-state index in [1.54, 1.807) is 0 Å². The molecule has 3 fully saturated rings. The highest BCUT2D eigenvalue weighted by Crippen LogP contribution is 2.62. The van der Waals surface area contributed by atoms with Crippen LogP contribution < -0.4 is 4.90 Å². The number of amides is 2. The molecule has 0 radical (unpaired) electrons. The van der Waals surface area contributed by atoms with Crippen molar-refractivity contribution in [2.24, 2.45) is 34.7 Å². The van der Waals surface area contributed by atoms with Crippen LogP contribution >= 0.6 is 11.6 Å². The molecule has 2 aliphatic heterocycles. The molecule has 6 heteroatoms. The standard InChI is InChI=1S/C26H19ClN2O3/c27-19-8-4-3-7-16(19)23-22-17-12-18(24(22)32-28-23)21-20(17)25(30)29(26(21)31)15-10-9-13-5-1-2-6-14(13)11-15/h1-11,17-18,20-22,24H,12H2/t17-,18-,20-,21-,22-,24+/m0/s1. The lowest BCUT2D eigenvalue weighted by atomic mass is 9.71. The molecule has 4 aliphatic rings. The van der Waals surface area contributed by atoms with E-state index < -0.39 is 0 Å². The van der Waals surface area contributed by atoms with Crippen molar-refractivity contribution >= 4 is 45.6 Å². The van der Waals surface area contributed by atoms with E-state index in [9.17, 15) is 9.59 Å². The molecular weight excluding hydrogens is 424 g/mol. The normalized spacial score (nSPS) is 32.3. The minimum absolute atomic E-state index is 0.000596. The summed E-state index contributed by atoms with van der Waals surface area (Å²) in [4.78, 5) is 34.4. The van der Waals surface area contributed by atoms with Crippen LogP contribution in [0.5, 0.6) is 0 Å². The van der Waals surface area contributed by atoms with Gasteiger partial charge in [0.1, 0.15) is 6.10 Å². The van der Waals surface area contributed by atoms with Crippen molar-refractivity contribution in [1.29, 1.82) is 0 Å². The topological polar surface area (TPSA) is 59.0 Å². The van der Waals surface area contributed by atoms with Crippen LogP contribution in [0.4, 0.5) is 5.69 Å². The lowest BCUT2D eigenvalue weighted by molar-refractivity contribution is -0.125. The van der Waals surface area contributed by atoms with Gasteiger partial charge in [-0.05, 0) is 41.3 Å². The van der Waals surface area contributed by atoms with E-state index in [2.05, 4.69) is 5.16 Å². The summed E-state index contributed by atoms with van der Waals surface area (Å²) in [5.41, 5.74) is 2.32. The van der Waals surface area contributed by atoms with Gasteiger partial charge in [0.15, 0.2) is 0 Å². The third-order valence-electron chi connectivity index (χ3n) is 7.83. The summed E-state index contributed by atoms with van der Waals surface area (Å²) in [5.74, 6) is -0.817. The van der Waals surface area contributed by atoms with Gasteiger partial charge < -0.3 is 4.84 Å². The summed E-state index contributed by atoms with van der Waals surface area (Å²) in [6.45, 7) is 0. The predicted molar refractivity (Wildman–Crippen MR) is 121 cm³/mol. The van der Waals surface area contributed by atoms with E-state index in [0.717, 1.165) is 28.5 Å². The molecule has 2 heterocycles. The van der Waals surface area contributed by atoms with Gasteiger partial charge in [-0.3, -0.25) is 14.5 Å². The van der Waals surface area contributed by atoms with E-state index in [4.69, 9.17) is 16.4 Å². The molecule has 0 spiro atoms. The van der Waals surface area contributed by atoms with E-state index in [1.807, 2.05) is 66.7 Å². The van der Waals surface area contributed by atoms with Crippen molar-refractivity contribution in [2.75, 3.05) is 4.90 Å². The van der Waals surface area contributed by atoms with E-state index >= 15 is 0 Å². The number of benzene rings is 3. The van der Waals surface area contributed by atoms with Gasteiger partial charge in [-0.25, -0.2) is 0 Å². The van der Waals surface area contributed by atoms with Gasteiger partial charge in [0, 0.05) is 22.4 Å². The predicted octanol–water partition coefficient (Wildman–Crippen LogP) is 4.67. The fraction of sp³-hybridized carbons (Fsp3) is 0.269. The molecule has 2 saturated carbocycles. The Morgan fingerprint density at radius 1 is 0.844 bits per heavy atom. The molecule has 0 unspecified atom stereocenters. The Morgan fingerprint density at radius 3 is 2.38 bits per heavy atom. The van der Waals surface area contributed by atoms with Crippen LogP contribution in [-0.4, -0.2) is 23.6 Å². The Bertz CT molecular complexity index is 1350. The number of nitrogens with zero attached hydrogens (tertiary/aromatic N) is 2. The number of imide groups is 1. The molecule has 6 atom stereocenters. The smallest absolute Gasteiger partial charge is 0.238 e. The van der Waals surface area contributed by atoms with Gasteiger partial charge in [0.05, 0.1) is 23.2 Å². The molecule has 2 aliphatic carbocycles. The molecule has 1 saturated heterocycles. The summed E-state index contributed by atoms with van der Waals surface area (Å²) in [5, 5.41) is 7.10. The number of fused-ring (bicyclic) bond motifs is 9. The van der Waals surface area contributed by atoms with Gasteiger partial charge in [0.25, 0.3) is 0 Å². The molecule has 0 N–H and O–H groups in total. The van der Waals surface area contributed by atoms with Gasteiger partial charge in [-0.15, -0.1) is 0 Å². The third kappa shape index (κ3) is 2.27. The van der Waals surface area contributed by atoms with Crippen molar-refractivity contribution in [3.63, 3.8) is 0 Å². The molecule has 2 bridgehead atoms. The zero-order chi connectivity index (χ0) is 21.6. The van der Waals surface area contributed by atoms with Crippen LogP contribution in [0.3, 0.4) is 0 Å². The third-order valence-corrected chi connectivity index (χ3v) is 8.16. The second-order valence-electron chi connectivity index (χ2n) is 9.21. The van der Waals surface area contributed by atoms with Crippen molar-refractivity contribution in [1.82, 2.24) is 0 Å². The van der Waals surface area contributed by atoms with Crippen LogP contribution in [-0.2, 0) is 14.4 Å². The number of rotatable bonds is 2. The van der Waals surface area contributed by atoms with Gasteiger partial charge in [-0.2, -0.15) is 0 Å². The maximum Gasteiger partial charge on any atom is 0.238 e. The number of carbonyl (C=O) groups is 2. The Morgan fingerprint density at radius 2 is 1.56 bits per heavy atom. The first-order valence-electron chi connectivity index (χ1n) is 11.0. The molecule has 3 aromatic rings. The van der Waals surface area contributed by atoms with Crippen LogP contribution in [0.15, 0.2) is 71.9 Å². The molecule has 3 aromatic carbocycles. The lowest BCUT2D eigenvalue weighted by Crippen LogP contribution is -2.41. The molecule has 2 amide bonds. The van der Waals surface area contributed by atoms with Crippen LogP contribution in [0.25, 0.3) is 10.8 Å². The number of hydrogen-bond donors (Lipinski definition) is 0. The van der Waals surface area contributed by atoms with Crippen molar-refractivity contribution < 1.29 is 14.4 Å². The molecular formula is C26H19ClN2O3. The molecule has 158 valence electrons. The van der Waals surface area contributed by atoms with Gasteiger partial charge in [-0.1, -0.05) is 65.3 Å². The fourth-order valence-corrected chi connectivity index (χ4v) is 6.82. The van der Waals surface area contributed by atoms with Gasteiger partial charge in [0.2, 0.25) is 11.8 Å². The van der Waals surface area contributed by atoms with Crippen molar-refractivity contribution in [3.8, 4) is 0 Å². The van der Waals surface area contributed by atoms with Crippen molar-refractivity contribution in [3.05, 3.63) is 77.3 Å². The summed E-state index contributed by atoms with van der Waals surface area (Å²) >= 11 is 6.45. The summed E-state index contributed by atoms with van der Waals surface area (Å²) in [7, 11) is 0. The molecule has 7 rings (SSSR count). The van der Waals surface area contributed by atoms with E-state index in [0.29, 0.717) is 10.7 Å². The highest BCUT2D eigenvalue weighted by molar-refractivity contribution is 6.34. The number of hydrogen-bond acceptors (Lipinski definition) is 4. The van der Waals surface area contributed by atoms with E-state index in [-0.39, 0.29) is 47.5 Å². The monoisotopic (exact) mass is 442 g/mol. The Labute approximate surface area is 189 Å². The number of anilines is 1. The number of halogens is 1. The van der Waals surface area contributed by atoms with Gasteiger partial charge >= 0.3 is 0 Å². The average Bonchev–Trinajstić information content (AvgIpc) is 3.54. The minimum atomic E-state index is -0.332. The zero-order valence-corrected chi connectivity index (χ0v) is 17.8. The lowest BCUT2D eigenvalue weighted by Gasteiger charge is -2.30. The molecule has 0 aromatic heterocycles. The number of carbonyl (C=O) groups excluding carboxylic acids is 2. The maximum atomic E-state index is 13.6. The first-order chi connectivity index (χ1) is 15.6. The highest BCUT2D eigenvalue weighted by Gasteiger charge is 2.70. The Hall–Kier alpha value is -3.18.